The van der Waals surface area contributed by atoms with E-state index in [1.807, 2.05) is 26.0 Å². The number of carbonyl (C=O) groups is 4. The lowest BCUT2D eigenvalue weighted by Gasteiger charge is -2.40. The zero-order valence-corrected chi connectivity index (χ0v) is 24.7. The number of amides is 4. The molecule has 1 aromatic carbocycles. The molecule has 1 unspecified atom stereocenters. The fourth-order valence-corrected chi connectivity index (χ4v) is 6.81. The number of likely N-dealkylation sites (N-methyl/N-ethyl adjacent to an activating group) is 1. The van der Waals surface area contributed by atoms with Gasteiger partial charge in [-0.15, -0.1) is 0 Å². The van der Waals surface area contributed by atoms with Crippen LogP contribution in [0.25, 0.3) is 10.8 Å². The molecule has 3 fully saturated rings. The van der Waals surface area contributed by atoms with Crippen LogP contribution in [0.5, 0.6) is 0 Å². The van der Waals surface area contributed by atoms with E-state index in [0.717, 1.165) is 5.39 Å². The molecule has 2 aromatic rings. The van der Waals surface area contributed by atoms with Gasteiger partial charge in [0.1, 0.15) is 17.8 Å². The summed E-state index contributed by atoms with van der Waals surface area (Å²) < 4.78 is 26.9. The van der Waals surface area contributed by atoms with Crippen molar-refractivity contribution in [3.8, 4) is 0 Å². The van der Waals surface area contributed by atoms with Gasteiger partial charge in [-0.05, 0) is 22.7 Å². The highest BCUT2D eigenvalue weighted by molar-refractivity contribution is 5.97. The van der Waals surface area contributed by atoms with Crippen molar-refractivity contribution in [2.75, 3.05) is 13.6 Å². The first-order valence-electron chi connectivity index (χ1n) is 14.2. The Kier molecular flexibility index (Phi) is 7.05. The summed E-state index contributed by atoms with van der Waals surface area (Å²) in [6, 6.07) is 3.99. The van der Waals surface area contributed by atoms with Crippen molar-refractivity contribution in [2.24, 2.45) is 34.3 Å². The molecule has 5 atom stereocenters. The number of fused-ring (bicyclic) bond motifs is 2. The van der Waals surface area contributed by atoms with E-state index in [4.69, 9.17) is 5.73 Å². The number of halogens is 2. The van der Waals surface area contributed by atoms with E-state index in [-0.39, 0.29) is 22.9 Å². The van der Waals surface area contributed by atoms with Gasteiger partial charge >= 0.3 is 0 Å². The highest BCUT2D eigenvalue weighted by atomic mass is 19.3. The monoisotopic (exact) mass is 584 g/mol. The van der Waals surface area contributed by atoms with Crippen LogP contribution in [0.1, 0.15) is 59.2 Å². The van der Waals surface area contributed by atoms with Crippen LogP contribution in [0.15, 0.2) is 30.5 Å². The Hall–Kier alpha value is -3.70. The number of nitrogens with zero attached hydrogens (tertiary/aromatic N) is 4. The van der Waals surface area contributed by atoms with Crippen molar-refractivity contribution < 1.29 is 28.0 Å². The number of aromatic nitrogens is 2. The molecule has 3 N–H and O–H groups in total. The third-order valence-corrected chi connectivity index (χ3v) is 9.47. The minimum atomic E-state index is -2.88. The maximum Gasteiger partial charge on any atom is 0.249 e. The van der Waals surface area contributed by atoms with Gasteiger partial charge in [0, 0.05) is 43.1 Å². The third kappa shape index (κ3) is 4.98. The third-order valence-electron chi connectivity index (χ3n) is 9.47. The molecule has 2 aliphatic carbocycles. The lowest BCUT2D eigenvalue weighted by molar-refractivity contribution is -0.156. The number of benzene rings is 1. The number of carbonyl (C=O) groups excluding carboxylic acids is 4. The maximum atomic E-state index is 14.3. The Balaban J connectivity index is 1.45. The average Bonchev–Trinajstić information content (AvgIpc) is 3.21. The first kappa shape index (κ1) is 29.8. The Labute approximate surface area is 243 Å². The van der Waals surface area contributed by atoms with E-state index in [9.17, 15) is 28.0 Å². The van der Waals surface area contributed by atoms with Gasteiger partial charge in [0.15, 0.2) is 6.04 Å². The van der Waals surface area contributed by atoms with E-state index in [1.54, 1.807) is 39.1 Å². The molecular weight excluding hydrogens is 546 g/mol. The largest absolute Gasteiger partial charge is 0.368 e. The summed E-state index contributed by atoms with van der Waals surface area (Å²) in [5, 5.41) is 12.3. The Morgan fingerprint density at radius 3 is 2.38 bits per heavy atom. The molecule has 226 valence electrons. The molecule has 0 spiro atoms. The molecule has 0 bridgehead atoms. The van der Waals surface area contributed by atoms with E-state index >= 15 is 0 Å². The number of likely N-dealkylation sites (tertiary alicyclic amines) is 1. The van der Waals surface area contributed by atoms with Crippen LogP contribution in [0, 0.1) is 28.6 Å². The van der Waals surface area contributed by atoms with Crippen molar-refractivity contribution >= 4 is 34.4 Å². The molecule has 2 saturated carbocycles. The van der Waals surface area contributed by atoms with Crippen LogP contribution in [-0.4, -0.2) is 75.2 Å². The summed E-state index contributed by atoms with van der Waals surface area (Å²) in [5.41, 5.74) is 5.07. The molecule has 42 heavy (non-hydrogen) atoms. The number of primary amides is 1. The number of nitrogens with two attached hydrogens (primary N) is 1. The number of hydrogen-bond donors (Lipinski definition) is 2. The maximum absolute atomic E-state index is 14.3. The summed E-state index contributed by atoms with van der Waals surface area (Å²) in [6.45, 7) is 9.68. The Bertz CT molecular complexity index is 1440. The fraction of sp³-hybridized carbons (Fsp3) is 0.600. The minimum Gasteiger partial charge on any atom is -0.368 e. The van der Waals surface area contributed by atoms with Crippen molar-refractivity contribution in [1.29, 1.82) is 0 Å². The van der Waals surface area contributed by atoms with E-state index in [0.29, 0.717) is 11.9 Å². The Morgan fingerprint density at radius 2 is 1.79 bits per heavy atom. The van der Waals surface area contributed by atoms with Crippen LogP contribution in [0.2, 0.25) is 0 Å². The van der Waals surface area contributed by atoms with Crippen LogP contribution >= 0.6 is 0 Å². The van der Waals surface area contributed by atoms with Crippen molar-refractivity contribution in [3.05, 3.63) is 36.2 Å². The van der Waals surface area contributed by atoms with E-state index < -0.39 is 71.9 Å². The molecule has 1 aromatic heterocycles. The summed E-state index contributed by atoms with van der Waals surface area (Å²) in [4.78, 5) is 56.8. The summed E-state index contributed by atoms with van der Waals surface area (Å²) in [7, 11) is 1.46. The summed E-state index contributed by atoms with van der Waals surface area (Å²) in [6.07, 6.45) is 0.450. The van der Waals surface area contributed by atoms with Gasteiger partial charge < -0.3 is 20.9 Å². The molecule has 4 amide bonds. The normalized spacial score (nSPS) is 25.6. The number of rotatable bonds is 7. The van der Waals surface area contributed by atoms with Crippen molar-refractivity contribution in [3.63, 3.8) is 0 Å². The van der Waals surface area contributed by atoms with Gasteiger partial charge in [-0.2, -0.15) is 10.2 Å². The highest BCUT2D eigenvalue weighted by Crippen LogP contribution is 2.65. The molecule has 0 radical (unpaired) electrons. The highest BCUT2D eigenvalue weighted by Gasteiger charge is 2.70. The number of hydrogen-bond acceptors (Lipinski definition) is 6. The summed E-state index contributed by atoms with van der Waals surface area (Å²) in [5.74, 6) is -6.21. The molecule has 1 aliphatic heterocycles. The first-order valence-corrected chi connectivity index (χ1v) is 14.2. The van der Waals surface area contributed by atoms with Crippen molar-refractivity contribution in [2.45, 2.75) is 71.5 Å². The molecular formula is C30H38F2N6O4. The van der Waals surface area contributed by atoms with Crippen LogP contribution < -0.4 is 11.1 Å². The van der Waals surface area contributed by atoms with Crippen LogP contribution in [0.3, 0.4) is 0 Å². The zero-order chi connectivity index (χ0) is 30.9. The topological polar surface area (TPSA) is 139 Å². The lowest BCUT2D eigenvalue weighted by Crippen LogP contribution is -2.61. The molecule has 3 aliphatic rings. The minimum absolute atomic E-state index is 0.0369. The lowest BCUT2D eigenvalue weighted by atomic mass is 9.79. The first-order chi connectivity index (χ1) is 19.5. The van der Waals surface area contributed by atoms with Gasteiger partial charge in [-0.25, -0.2) is 8.78 Å². The predicted octanol–water partition coefficient (Wildman–Crippen LogP) is 2.67. The number of piperidine rings is 1. The second kappa shape index (κ2) is 9.95. The fourth-order valence-electron chi connectivity index (χ4n) is 6.81. The van der Waals surface area contributed by atoms with Crippen LogP contribution in [0.4, 0.5) is 8.78 Å². The Morgan fingerprint density at radius 1 is 1.14 bits per heavy atom. The molecule has 12 heteroatoms. The molecule has 10 nitrogen and oxygen atoms in total. The van der Waals surface area contributed by atoms with Gasteiger partial charge in [0.05, 0.1) is 6.20 Å². The summed E-state index contributed by atoms with van der Waals surface area (Å²) >= 11 is 0. The van der Waals surface area contributed by atoms with Crippen molar-refractivity contribution in [1.82, 2.24) is 25.3 Å². The van der Waals surface area contributed by atoms with Gasteiger partial charge in [0.2, 0.25) is 29.6 Å². The molecule has 2 heterocycles. The zero-order valence-electron chi connectivity index (χ0n) is 24.7. The predicted molar refractivity (Wildman–Crippen MR) is 150 cm³/mol. The van der Waals surface area contributed by atoms with Gasteiger partial charge in [-0.3, -0.25) is 19.2 Å². The van der Waals surface area contributed by atoms with E-state index in [1.165, 1.54) is 16.8 Å². The van der Waals surface area contributed by atoms with Gasteiger partial charge in [0.25, 0.3) is 0 Å². The standard InChI is InChI=1S/C30H38F2N6O4/c1-28(2,3)23(35-25(40)16-11-30(31,32)12-16)27(42)38-14-18-19(29(18,4)5)21(38)26(41)37(6)22(24(33)39)20-17-10-8-7-9-15(17)13-34-36-20/h7-10,13,16,18-19,21-23H,11-12,14H2,1-6H3,(H2,33,39)(H,35,40)/t18-,19-,21-,22?,23+/m0/s1. The number of nitrogens with one attached hydrogen (secondary N) is 1. The quantitative estimate of drug-likeness (QED) is 0.513. The average molecular weight is 585 g/mol. The van der Waals surface area contributed by atoms with E-state index in [2.05, 4.69) is 15.5 Å². The smallest absolute Gasteiger partial charge is 0.249 e. The van der Waals surface area contributed by atoms with Gasteiger partial charge in [-0.1, -0.05) is 58.9 Å². The molecule has 5 rings (SSSR count). The second-order valence-corrected chi connectivity index (χ2v) is 13.7. The SMILES string of the molecule is CN(C(=O)[C@@H]1[C@@H]2[C@H](CN1C(=O)[C@@H](NC(=O)C1CC(F)(F)C1)C(C)(C)C)C2(C)C)C(C(N)=O)c1nncc2ccccc12. The number of alkyl halides is 2. The molecule has 1 saturated heterocycles. The second-order valence-electron chi connectivity index (χ2n) is 13.7. The van der Waals surface area contributed by atoms with Crippen LogP contribution in [-0.2, 0) is 19.2 Å².